The Kier molecular flexibility index (Phi) is 2.83. The minimum Gasteiger partial charge on any atom is -0.507 e. The number of hydrogen-bond donors (Lipinski definition) is 6. The number of carboxylic acids is 1. The number of aromatic hydroxyl groups is 4. The Morgan fingerprint density at radius 1 is 1.05 bits per heavy atom. The molecule has 0 spiro atoms. The van der Waals surface area contributed by atoms with Gasteiger partial charge in [0.2, 0.25) is 5.88 Å². The fourth-order valence-corrected chi connectivity index (χ4v) is 1.50. The molecule has 0 fully saturated rings. The van der Waals surface area contributed by atoms with Crippen LogP contribution < -0.4 is 5.43 Å². The summed E-state index contributed by atoms with van der Waals surface area (Å²) in [6.45, 7) is 0. The van der Waals surface area contributed by atoms with Crippen molar-refractivity contribution in [2.75, 3.05) is 5.43 Å². The second-order valence-corrected chi connectivity index (χ2v) is 3.70. The minimum atomic E-state index is -1.28. The highest BCUT2D eigenvalue weighted by molar-refractivity contribution is 5.91. The number of aromatic carboxylic acids is 1. The maximum absolute atomic E-state index is 10.7. The van der Waals surface area contributed by atoms with Gasteiger partial charge < -0.3 is 25.5 Å². The van der Waals surface area contributed by atoms with Crippen molar-refractivity contribution in [3.05, 3.63) is 29.8 Å². The lowest BCUT2D eigenvalue weighted by molar-refractivity contribution is 0.0693. The number of nitrogens with one attached hydrogen (secondary N) is 1. The third-order valence-electron chi connectivity index (χ3n) is 2.40. The second kappa shape index (κ2) is 4.33. The van der Waals surface area contributed by atoms with E-state index in [1.807, 2.05) is 0 Å². The van der Waals surface area contributed by atoms with Crippen LogP contribution in [0.3, 0.4) is 0 Å². The lowest BCUT2D eigenvalue weighted by Gasteiger charge is -2.10. The van der Waals surface area contributed by atoms with Gasteiger partial charge >= 0.3 is 5.97 Å². The average Bonchev–Trinajstić information content (AvgIpc) is 2.56. The molecule has 19 heavy (non-hydrogen) atoms. The number of nitrogens with zero attached hydrogens (tertiary/aromatic N) is 1. The summed E-state index contributed by atoms with van der Waals surface area (Å²) in [7, 11) is 0. The summed E-state index contributed by atoms with van der Waals surface area (Å²) in [4.78, 5) is 10.7. The summed E-state index contributed by atoms with van der Waals surface area (Å²) in [5.41, 5.74) is 2.39. The van der Waals surface area contributed by atoms with E-state index in [1.54, 1.807) is 0 Å². The third kappa shape index (κ3) is 2.18. The summed E-state index contributed by atoms with van der Waals surface area (Å²) in [5.74, 6) is -3.38. The van der Waals surface area contributed by atoms with Crippen LogP contribution in [0.15, 0.2) is 24.3 Å². The number of carboxylic acid groups (broad SMARTS) is 1. The third-order valence-corrected chi connectivity index (χ3v) is 2.40. The molecule has 0 radical (unpaired) electrons. The number of carbonyl (C=O) groups is 1. The van der Waals surface area contributed by atoms with Crippen LogP contribution in [0, 0.1) is 0 Å². The van der Waals surface area contributed by atoms with Crippen molar-refractivity contribution >= 4 is 11.7 Å². The minimum absolute atomic E-state index is 0.198. The van der Waals surface area contributed by atoms with Crippen LogP contribution in [-0.4, -0.2) is 36.2 Å². The van der Waals surface area contributed by atoms with Crippen molar-refractivity contribution in [1.82, 2.24) is 4.68 Å². The zero-order chi connectivity index (χ0) is 14.2. The van der Waals surface area contributed by atoms with Gasteiger partial charge in [0.15, 0.2) is 5.75 Å². The standard InChI is InChI=1S/C11H10N2O6/c14-7-3-5(1-2-6(7)11(18)19)12-13-9(16)4-8(15)10(13)17/h1-4,12,14-17H,(H,18,19). The summed E-state index contributed by atoms with van der Waals surface area (Å²) < 4.78 is 0.755. The van der Waals surface area contributed by atoms with Gasteiger partial charge in [-0.2, -0.15) is 4.68 Å². The topological polar surface area (TPSA) is 135 Å². The van der Waals surface area contributed by atoms with Gasteiger partial charge in [-0.25, -0.2) is 4.79 Å². The van der Waals surface area contributed by atoms with Gasteiger partial charge in [-0.3, -0.25) is 5.43 Å². The molecule has 1 heterocycles. The number of benzene rings is 1. The molecule has 100 valence electrons. The van der Waals surface area contributed by atoms with E-state index in [4.69, 9.17) is 5.11 Å². The van der Waals surface area contributed by atoms with Gasteiger partial charge in [0.25, 0.3) is 5.88 Å². The van der Waals surface area contributed by atoms with Crippen molar-refractivity contribution < 1.29 is 30.3 Å². The lowest BCUT2D eigenvalue weighted by atomic mass is 10.2. The fourth-order valence-electron chi connectivity index (χ4n) is 1.50. The Labute approximate surface area is 106 Å². The van der Waals surface area contributed by atoms with E-state index >= 15 is 0 Å². The number of rotatable bonds is 3. The Morgan fingerprint density at radius 3 is 2.21 bits per heavy atom. The van der Waals surface area contributed by atoms with Crippen molar-refractivity contribution in [2.24, 2.45) is 0 Å². The molecule has 0 unspecified atom stereocenters. The highest BCUT2D eigenvalue weighted by atomic mass is 16.4. The van der Waals surface area contributed by atoms with Gasteiger partial charge in [0, 0.05) is 12.1 Å². The lowest BCUT2D eigenvalue weighted by Crippen LogP contribution is -2.08. The molecule has 2 rings (SSSR count). The SMILES string of the molecule is O=C(O)c1ccc(Nn2c(O)cc(O)c2O)cc1O. The molecule has 8 heteroatoms. The van der Waals surface area contributed by atoms with Crippen molar-refractivity contribution in [2.45, 2.75) is 0 Å². The molecular weight excluding hydrogens is 256 g/mol. The van der Waals surface area contributed by atoms with E-state index in [9.17, 15) is 25.2 Å². The van der Waals surface area contributed by atoms with Gasteiger partial charge in [0.1, 0.15) is 11.3 Å². The molecule has 0 bridgehead atoms. The highest BCUT2D eigenvalue weighted by Crippen LogP contribution is 2.33. The van der Waals surface area contributed by atoms with E-state index in [1.165, 1.54) is 6.07 Å². The van der Waals surface area contributed by atoms with Crippen LogP contribution in [0.2, 0.25) is 0 Å². The van der Waals surface area contributed by atoms with E-state index in [2.05, 4.69) is 5.43 Å². The van der Waals surface area contributed by atoms with Gasteiger partial charge in [-0.05, 0) is 12.1 Å². The van der Waals surface area contributed by atoms with Gasteiger partial charge in [0.05, 0.1) is 5.69 Å². The van der Waals surface area contributed by atoms with Crippen LogP contribution in [0.1, 0.15) is 10.4 Å². The quantitative estimate of drug-likeness (QED) is 0.485. The molecular formula is C11H10N2O6. The van der Waals surface area contributed by atoms with Crippen LogP contribution in [-0.2, 0) is 0 Å². The summed E-state index contributed by atoms with van der Waals surface area (Å²) >= 11 is 0. The number of hydrogen-bond acceptors (Lipinski definition) is 6. The molecule has 0 saturated carbocycles. The Morgan fingerprint density at radius 2 is 1.74 bits per heavy atom. The van der Waals surface area contributed by atoms with E-state index in [-0.39, 0.29) is 11.3 Å². The van der Waals surface area contributed by atoms with Crippen LogP contribution >= 0.6 is 0 Å². The molecule has 6 N–H and O–H groups in total. The normalized spacial score (nSPS) is 10.3. The van der Waals surface area contributed by atoms with E-state index < -0.39 is 29.2 Å². The Bertz CT molecular complexity index is 649. The van der Waals surface area contributed by atoms with Gasteiger partial charge in [-0.15, -0.1) is 0 Å². The fraction of sp³-hybridized carbons (Fsp3) is 0. The Hall–Kier alpha value is -3.03. The number of anilines is 1. The molecule has 8 nitrogen and oxygen atoms in total. The molecule has 1 aromatic heterocycles. The highest BCUT2D eigenvalue weighted by Gasteiger charge is 2.14. The van der Waals surface area contributed by atoms with Crippen LogP contribution in [0.5, 0.6) is 23.3 Å². The van der Waals surface area contributed by atoms with E-state index in [0.717, 1.165) is 22.9 Å². The predicted octanol–water partition coefficient (Wildman–Crippen LogP) is 0.884. The molecule has 0 aliphatic carbocycles. The molecule has 0 saturated heterocycles. The first-order valence-corrected chi connectivity index (χ1v) is 5.06. The van der Waals surface area contributed by atoms with Crippen LogP contribution in [0.25, 0.3) is 0 Å². The summed E-state index contributed by atoms with van der Waals surface area (Å²) in [5, 5.41) is 46.2. The maximum atomic E-state index is 10.7. The maximum Gasteiger partial charge on any atom is 0.339 e. The van der Waals surface area contributed by atoms with Gasteiger partial charge in [-0.1, -0.05) is 0 Å². The Balaban J connectivity index is 2.34. The first kappa shape index (κ1) is 12.4. The number of aromatic nitrogens is 1. The zero-order valence-corrected chi connectivity index (χ0v) is 9.40. The summed E-state index contributed by atoms with van der Waals surface area (Å²) in [6.07, 6.45) is 0. The molecule has 2 aromatic rings. The second-order valence-electron chi connectivity index (χ2n) is 3.70. The average molecular weight is 266 g/mol. The zero-order valence-electron chi connectivity index (χ0n) is 9.40. The molecule has 0 atom stereocenters. The molecule has 0 aliphatic heterocycles. The number of phenols is 1. The monoisotopic (exact) mass is 266 g/mol. The van der Waals surface area contributed by atoms with Crippen molar-refractivity contribution in [3.8, 4) is 23.3 Å². The molecule has 1 aromatic carbocycles. The van der Waals surface area contributed by atoms with Crippen molar-refractivity contribution in [3.63, 3.8) is 0 Å². The smallest absolute Gasteiger partial charge is 0.339 e. The largest absolute Gasteiger partial charge is 0.507 e. The summed E-state index contributed by atoms with van der Waals surface area (Å²) in [6, 6.07) is 4.48. The van der Waals surface area contributed by atoms with Crippen LogP contribution in [0.4, 0.5) is 5.69 Å². The predicted molar refractivity (Wildman–Crippen MR) is 63.5 cm³/mol. The van der Waals surface area contributed by atoms with E-state index in [0.29, 0.717) is 0 Å². The first-order valence-electron chi connectivity index (χ1n) is 5.06. The molecule has 0 amide bonds. The first-order chi connectivity index (χ1) is 8.90. The molecule has 0 aliphatic rings. The van der Waals surface area contributed by atoms with Crippen molar-refractivity contribution in [1.29, 1.82) is 0 Å².